The molecule has 0 aromatic heterocycles. The van der Waals surface area contributed by atoms with E-state index in [0.29, 0.717) is 24.8 Å². The maximum atomic E-state index is 11.5. The van der Waals surface area contributed by atoms with Crippen LogP contribution in [0.5, 0.6) is 0 Å². The minimum Gasteiger partial charge on any atom is -0.353 e. The minimum absolute atomic E-state index is 0. The number of halogens is 1. The molecule has 5 nitrogen and oxygen atoms in total. The van der Waals surface area contributed by atoms with Crippen molar-refractivity contribution in [3.05, 3.63) is 0 Å². The highest BCUT2D eigenvalue weighted by Crippen LogP contribution is 2.31. The molecule has 0 heterocycles. The molecule has 0 aliphatic heterocycles. The van der Waals surface area contributed by atoms with Gasteiger partial charge in [-0.25, -0.2) is 0 Å². The molecule has 1 rings (SSSR count). The number of rotatable bonds is 8. The Morgan fingerprint density at radius 2 is 1.84 bits per heavy atom. The van der Waals surface area contributed by atoms with Gasteiger partial charge >= 0.3 is 0 Å². The van der Waals surface area contributed by atoms with Crippen LogP contribution in [0.4, 0.5) is 0 Å². The molecule has 1 unspecified atom stereocenters. The fourth-order valence-electron chi connectivity index (χ4n) is 1.67. The smallest absolute Gasteiger partial charge is 0.239 e. The molecule has 1 aliphatic rings. The van der Waals surface area contributed by atoms with Gasteiger partial charge in [0.25, 0.3) is 0 Å². The zero-order chi connectivity index (χ0) is 13.5. The minimum atomic E-state index is -0.163. The lowest BCUT2D eigenvalue weighted by Crippen LogP contribution is -2.43. The van der Waals surface area contributed by atoms with E-state index in [1.165, 1.54) is 12.8 Å². The first-order valence-electron chi connectivity index (χ1n) is 6.78. The summed E-state index contributed by atoms with van der Waals surface area (Å²) in [6.45, 7) is 4.69. The number of amides is 2. The van der Waals surface area contributed by atoms with E-state index in [9.17, 15) is 9.59 Å². The van der Waals surface area contributed by atoms with Gasteiger partial charge in [0.2, 0.25) is 11.8 Å². The molecule has 6 heteroatoms. The highest BCUT2D eigenvalue weighted by Gasteiger charge is 2.28. The first kappa shape index (κ1) is 18.2. The highest BCUT2D eigenvalue weighted by atomic mass is 35.5. The first-order valence-corrected chi connectivity index (χ1v) is 6.78. The summed E-state index contributed by atoms with van der Waals surface area (Å²) < 4.78 is 0. The lowest BCUT2D eigenvalue weighted by Gasteiger charge is -2.12. The second-order valence-electron chi connectivity index (χ2n) is 5.51. The Morgan fingerprint density at radius 3 is 2.37 bits per heavy atom. The molecule has 0 saturated heterocycles. The Balaban J connectivity index is 0.00000324. The van der Waals surface area contributed by atoms with E-state index in [1.807, 2.05) is 0 Å². The van der Waals surface area contributed by atoms with Crippen LogP contribution in [0.25, 0.3) is 0 Å². The summed E-state index contributed by atoms with van der Waals surface area (Å²) in [7, 11) is 0. The van der Waals surface area contributed by atoms with E-state index in [1.54, 1.807) is 0 Å². The summed E-state index contributed by atoms with van der Waals surface area (Å²) in [4.78, 5) is 22.8. The molecular weight excluding hydrogens is 266 g/mol. The van der Waals surface area contributed by atoms with Crippen LogP contribution in [0.2, 0.25) is 0 Å². The fraction of sp³-hybridized carbons (Fsp3) is 0.846. The Bertz CT molecular complexity index is 294. The molecule has 1 atom stereocenters. The quantitative estimate of drug-likeness (QED) is 0.619. The maximum Gasteiger partial charge on any atom is 0.239 e. The van der Waals surface area contributed by atoms with Crippen molar-refractivity contribution in [2.24, 2.45) is 17.6 Å². The third-order valence-electron chi connectivity index (χ3n) is 3.16. The van der Waals surface area contributed by atoms with E-state index < -0.39 is 0 Å². The van der Waals surface area contributed by atoms with Gasteiger partial charge in [0.15, 0.2) is 0 Å². The van der Waals surface area contributed by atoms with Crippen molar-refractivity contribution >= 4 is 24.2 Å². The molecule has 0 spiro atoms. The molecule has 19 heavy (non-hydrogen) atoms. The number of hydrogen-bond donors (Lipinski definition) is 3. The van der Waals surface area contributed by atoms with Crippen molar-refractivity contribution in [2.75, 3.05) is 13.1 Å². The molecule has 1 aliphatic carbocycles. The van der Waals surface area contributed by atoms with Gasteiger partial charge in [0, 0.05) is 19.0 Å². The Hall–Kier alpha value is -0.810. The zero-order valence-electron chi connectivity index (χ0n) is 11.8. The predicted molar refractivity (Wildman–Crippen MR) is 78.0 cm³/mol. The average Bonchev–Trinajstić information content (AvgIpc) is 3.14. The van der Waals surface area contributed by atoms with Gasteiger partial charge in [-0.1, -0.05) is 13.8 Å². The Kier molecular flexibility index (Phi) is 8.76. The van der Waals surface area contributed by atoms with Crippen LogP contribution in [-0.2, 0) is 9.59 Å². The SMILES string of the molecule is CC(C)CCC(=O)NCC(=O)NCC(N)C1CC1.Cl. The molecule has 1 saturated carbocycles. The highest BCUT2D eigenvalue weighted by molar-refractivity contribution is 5.85. The average molecular weight is 292 g/mol. The normalized spacial score (nSPS) is 15.6. The van der Waals surface area contributed by atoms with Crippen molar-refractivity contribution in [3.8, 4) is 0 Å². The van der Waals surface area contributed by atoms with Crippen molar-refractivity contribution in [1.82, 2.24) is 10.6 Å². The van der Waals surface area contributed by atoms with E-state index >= 15 is 0 Å². The molecule has 112 valence electrons. The second-order valence-corrected chi connectivity index (χ2v) is 5.51. The number of nitrogens with two attached hydrogens (primary N) is 1. The standard InChI is InChI=1S/C13H25N3O2.ClH/c1-9(2)3-6-12(17)16-8-13(18)15-7-11(14)10-4-5-10;/h9-11H,3-8,14H2,1-2H3,(H,15,18)(H,16,17);1H. The van der Waals surface area contributed by atoms with Gasteiger partial charge in [0.05, 0.1) is 6.54 Å². The Labute approximate surface area is 121 Å². The first-order chi connectivity index (χ1) is 8.49. The lowest BCUT2D eigenvalue weighted by molar-refractivity contribution is -0.126. The predicted octanol–water partition coefficient (Wildman–Crippen LogP) is 0.814. The lowest BCUT2D eigenvalue weighted by atomic mass is 10.1. The van der Waals surface area contributed by atoms with Gasteiger partial charge in [0.1, 0.15) is 0 Å². The number of hydrogen-bond acceptors (Lipinski definition) is 3. The fourth-order valence-corrected chi connectivity index (χ4v) is 1.67. The largest absolute Gasteiger partial charge is 0.353 e. The molecule has 0 bridgehead atoms. The van der Waals surface area contributed by atoms with Gasteiger partial charge in [-0.15, -0.1) is 12.4 Å². The summed E-state index contributed by atoms with van der Waals surface area (Å²) in [5.74, 6) is 0.849. The van der Waals surface area contributed by atoms with Crippen LogP contribution in [0.3, 0.4) is 0 Å². The second kappa shape index (κ2) is 9.15. The third-order valence-corrected chi connectivity index (χ3v) is 3.16. The van der Waals surface area contributed by atoms with Gasteiger partial charge in [-0.2, -0.15) is 0 Å². The summed E-state index contributed by atoms with van der Waals surface area (Å²) in [6, 6.07) is 0.0607. The van der Waals surface area contributed by atoms with Crippen molar-refractivity contribution < 1.29 is 9.59 Å². The third kappa shape index (κ3) is 8.83. The van der Waals surface area contributed by atoms with Crippen molar-refractivity contribution in [2.45, 2.75) is 45.6 Å². The molecular formula is C13H26ClN3O2. The van der Waals surface area contributed by atoms with Crippen molar-refractivity contribution in [1.29, 1.82) is 0 Å². The molecule has 1 fully saturated rings. The van der Waals surface area contributed by atoms with Crippen LogP contribution in [-0.4, -0.2) is 30.9 Å². The van der Waals surface area contributed by atoms with Crippen LogP contribution in [0, 0.1) is 11.8 Å². The van der Waals surface area contributed by atoms with Crippen molar-refractivity contribution in [3.63, 3.8) is 0 Å². The molecule has 0 aromatic rings. The monoisotopic (exact) mass is 291 g/mol. The van der Waals surface area contributed by atoms with E-state index in [-0.39, 0.29) is 36.8 Å². The topological polar surface area (TPSA) is 84.2 Å². The van der Waals surface area contributed by atoms with Crippen LogP contribution in [0.15, 0.2) is 0 Å². The van der Waals surface area contributed by atoms with Crippen LogP contribution in [0.1, 0.15) is 39.5 Å². The molecule has 0 aromatic carbocycles. The summed E-state index contributed by atoms with van der Waals surface area (Å²) >= 11 is 0. The molecule has 4 N–H and O–H groups in total. The van der Waals surface area contributed by atoms with E-state index in [2.05, 4.69) is 24.5 Å². The zero-order valence-corrected chi connectivity index (χ0v) is 12.6. The maximum absolute atomic E-state index is 11.5. The van der Waals surface area contributed by atoms with Crippen LogP contribution < -0.4 is 16.4 Å². The van der Waals surface area contributed by atoms with E-state index in [0.717, 1.165) is 6.42 Å². The van der Waals surface area contributed by atoms with Crippen LogP contribution >= 0.6 is 12.4 Å². The van der Waals surface area contributed by atoms with Gasteiger partial charge in [-0.3, -0.25) is 9.59 Å². The number of carbonyl (C=O) groups is 2. The Morgan fingerprint density at radius 1 is 1.21 bits per heavy atom. The molecule has 2 amide bonds. The van der Waals surface area contributed by atoms with E-state index in [4.69, 9.17) is 5.73 Å². The number of carbonyl (C=O) groups excluding carboxylic acids is 2. The summed E-state index contributed by atoms with van der Waals surface area (Å²) in [5, 5.41) is 5.36. The van der Waals surface area contributed by atoms with Gasteiger partial charge in [-0.05, 0) is 31.1 Å². The molecule has 0 radical (unpaired) electrons. The summed E-state index contributed by atoms with van der Waals surface area (Å²) in [6.07, 6.45) is 3.67. The summed E-state index contributed by atoms with van der Waals surface area (Å²) in [5.41, 5.74) is 5.86. The van der Waals surface area contributed by atoms with Gasteiger partial charge < -0.3 is 16.4 Å². The number of nitrogens with one attached hydrogen (secondary N) is 2.